The van der Waals surface area contributed by atoms with Crippen LogP contribution in [0.3, 0.4) is 0 Å². The summed E-state index contributed by atoms with van der Waals surface area (Å²) in [6.07, 6.45) is 12.4. The van der Waals surface area contributed by atoms with Crippen molar-refractivity contribution < 1.29 is 4.42 Å². The van der Waals surface area contributed by atoms with Gasteiger partial charge in [0.1, 0.15) is 0 Å². The van der Waals surface area contributed by atoms with Gasteiger partial charge in [-0.05, 0) is 34.4 Å². The van der Waals surface area contributed by atoms with E-state index in [2.05, 4.69) is 72.8 Å². The number of benzene rings is 3. The second-order valence-electron chi connectivity index (χ2n) is 6.93. The van der Waals surface area contributed by atoms with Crippen molar-refractivity contribution in [1.29, 1.82) is 0 Å². The van der Waals surface area contributed by atoms with Crippen LogP contribution >= 0.6 is 0 Å². The van der Waals surface area contributed by atoms with Crippen LogP contribution in [0.25, 0.3) is 36.5 Å². The first-order chi connectivity index (χ1) is 14.8. The monoisotopic (exact) mass is 387 g/mol. The highest BCUT2D eigenvalue weighted by Gasteiger charge is 2.10. The fourth-order valence-corrected chi connectivity index (χ4v) is 3.07. The summed E-state index contributed by atoms with van der Waals surface area (Å²) in [6, 6.07) is 34.9. The molecule has 0 amide bonds. The molecule has 3 aromatic carbocycles. The van der Waals surface area contributed by atoms with Crippen molar-refractivity contribution in [2.24, 2.45) is 0 Å². The Morgan fingerprint density at radius 2 is 0.700 bits per heavy atom. The first-order valence-corrected chi connectivity index (χ1v) is 10.0. The molecule has 0 saturated carbocycles. The molecule has 0 saturated heterocycles. The van der Waals surface area contributed by atoms with Crippen LogP contribution in [0.5, 0.6) is 0 Å². The summed E-state index contributed by atoms with van der Waals surface area (Å²) in [7, 11) is 0. The van der Waals surface area contributed by atoms with Crippen LogP contribution in [-0.2, 0) is 0 Å². The lowest BCUT2D eigenvalue weighted by atomic mass is 10.1. The number of hydrogen-bond acceptors (Lipinski definition) is 0. The van der Waals surface area contributed by atoms with Crippen molar-refractivity contribution in [2.45, 2.75) is 0 Å². The topological polar surface area (TPSA) is 11.3 Å². The maximum Gasteiger partial charge on any atom is 0.354 e. The predicted molar refractivity (Wildman–Crippen MR) is 129 cm³/mol. The quantitative estimate of drug-likeness (QED) is 0.304. The van der Waals surface area contributed by atoms with Gasteiger partial charge < -0.3 is 0 Å². The number of rotatable bonds is 6. The molecule has 0 fully saturated rings. The SMILES string of the molecule is C(=Cc1cc(C=Cc2ccccc2)[o+]c(C=Cc2ccccc2)c1)c1ccccc1. The normalized spacial score (nSPS) is 11.6. The van der Waals surface area contributed by atoms with E-state index in [0.717, 1.165) is 28.2 Å². The molecule has 0 radical (unpaired) electrons. The van der Waals surface area contributed by atoms with Gasteiger partial charge in [-0.25, -0.2) is 4.42 Å². The second kappa shape index (κ2) is 9.99. The third kappa shape index (κ3) is 5.76. The molecule has 1 heteroatoms. The fourth-order valence-electron chi connectivity index (χ4n) is 3.07. The van der Waals surface area contributed by atoms with Gasteiger partial charge >= 0.3 is 11.5 Å². The molecule has 1 aromatic heterocycles. The van der Waals surface area contributed by atoms with Crippen LogP contribution in [0.15, 0.2) is 108 Å². The van der Waals surface area contributed by atoms with Crippen molar-refractivity contribution in [2.75, 3.05) is 0 Å². The Kier molecular flexibility index (Phi) is 6.45. The molecule has 4 aromatic rings. The minimum absolute atomic E-state index is 0.807. The van der Waals surface area contributed by atoms with Crippen molar-refractivity contribution in [3.63, 3.8) is 0 Å². The zero-order valence-electron chi connectivity index (χ0n) is 16.7. The molecular formula is C29H23O+. The highest BCUT2D eigenvalue weighted by molar-refractivity contribution is 5.75. The van der Waals surface area contributed by atoms with Gasteiger partial charge in [0, 0.05) is 12.2 Å². The van der Waals surface area contributed by atoms with E-state index in [1.807, 2.05) is 66.7 Å². The molecule has 0 unspecified atom stereocenters. The maximum absolute atomic E-state index is 6.11. The van der Waals surface area contributed by atoms with E-state index in [1.165, 1.54) is 5.56 Å². The van der Waals surface area contributed by atoms with Gasteiger partial charge in [-0.2, -0.15) is 0 Å². The molecule has 0 N–H and O–H groups in total. The van der Waals surface area contributed by atoms with Crippen LogP contribution in [0.1, 0.15) is 33.8 Å². The average Bonchev–Trinajstić information content (AvgIpc) is 2.82. The molecule has 4 rings (SSSR count). The minimum Gasteiger partial charge on any atom is -0.208 e. The largest absolute Gasteiger partial charge is 0.354 e. The first kappa shape index (κ1) is 19.4. The smallest absolute Gasteiger partial charge is 0.208 e. The zero-order valence-corrected chi connectivity index (χ0v) is 16.7. The Morgan fingerprint density at radius 1 is 0.367 bits per heavy atom. The Labute approximate surface area is 178 Å². The van der Waals surface area contributed by atoms with E-state index in [4.69, 9.17) is 4.42 Å². The minimum atomic E-state index is 0.807. The summed E-state index contributed by atoms with van der Waals surface area (Å²) in [4.78, 5) is 0. The van der Waals surface area contributed by atoms with E-state index < -0.39 is 0 Å². The summed E-state index contributed by atoms with van der Waals surface area (Å²) in [5.74, 6) is 1.61. The van der Waals surface area contributed by atoms with E-state index in [9.17, 15) is 0 Å². The Hall–Kier alpha value is -3.97. The van der Waals surface area contributed by atoms with Gasteiger partial charge in [0.05, 0.1) is 12.1 Å². The van der Waals surface area contributed by atoms with Crippen molar-refractivity contribution in [3.05, 3.63) is 137 Å². The highest BCUT2D eigenvalue weighted by Crippen LogP contribution is 2.18. The third-order valence-corrected chi connectivity index (χ3v) is 4.60. The number of hydrogen-bond donors (Lipinski definition) is 0. The molecule has 1 heterocycles. The van der Waals surface area contributed by atoms with Crippen LogP contribution in [0, 0.1) is 0 Å². The molecule has 0 bridgehead atoms. The van der Waals surface area contributed by atoms with Crippen molar-refractivity contribution in [1.82, 2.24) is 0 Å². The molecule has 1 nitrogen and oxygen atoms in total. The maximum atomic E-state index is 6.11. The molecule has 0 aliphatic heterocycles. The zero-order chi connectivity index (χ0) is 20.4. The van der Waals surface area contributed by atoms with Crippen molar-refractivity contribution >= 4 is 36.5 Å². The van der Waals surface area contributed by atoms with Crippen molar-refractivity contribution in [3.8, 4) is 0 Å². The van der Waals surface area contributed by atoms with Gasteiger partial charge in [0.25, 0.3) is 0 Å². The predicted octanol–water partition coefficient (Wildman–Crippen LogP) is 8.07. The summed E-state index contributed by atoms with van der Waals surface area (Å²) < 4.78 is 6.11. The van der Waals surface area contributed by atoms with Crippen LogP contribution in [0.4, 0.5) is 0 Å². The van der Waals surface area contributed by atoms with E-state index >= 15 is 0 Å². The molecule has 0 atom stereocenters. The highest BCUT2D eigenvalue weighted by atomic mass is 16.3. The van der Waals surface area contributed by atoms with Gasteiger partial charge in [0.2, 0.25) is 0 Å². The standard InChI is InChI=1S/C29H23O/c1-4-10-24(11-5-1)16-17-27-22-28(20-18-25-12-6-2-7-13-25)30-29(23-27)21-19-26-14-8-3-9-15-26/h1-23H/q+1. The van der Waals surface area contributed by atoms with Gasteiger partial charge in [0.15, 0.2) is 0 Å². The van der Waals surface area contributed by atoms with E-state index in [-0.39, 0.29) is 0 Å². The summed E-state index contributed by atoms with van der Waals surface area (Å²) in [6.45, 7) is 0. The van der Waals surface area contributed by atoms with Crippen LogP contribution in [-0.4, -0.2) is 0 Å². The lowest BCUT2D eigenvalue weighted by molar-refractivity contribution is 0.529. The molecule has 0 spiro atoms. The Bertz CT molecular complexity index is 992. The van der Waals surface area contributed by atoms with Crippen LogP contribution in [0.2, 0.25) is 0 Å². The molecule has 30 heavy (non-hydrogen) atoms. The average molecular weight is 388 g/mol. The molecular weight excluding hydrogens is 364 g/mol. The molecule has 144 valence electrons. The fraction of sp³-hybridized carbons (Fsp3) is 0. The van der Waals surface area contributed by atoms with E-state index in [0.29, 0.717) is 0 Å². The van der Waals surface area contributed by atoms with E-state index in [1.54, 1.807) is 0 Å². The first-order valence-electron chi connectivity index (χ1n) is 10.0. The Balaban J connectivity index is 1.65. The summed E-state index contributed by atoms with van der Waals surface area (Å²) in [5, 5.41) is 0. The van der Waals surface area contributed by atoms with Crippen LogP contribution < -0.4 is 0 Å². The Morgan fingerprint density at radius 3 is 1.10 bits per heavy atom. The van der Waals surface area contributed by atoms with Gasteiger partial charge in [-0.1, -0.05) is 103 Å². The summed E-state index contributed by atoms with van der Waals surface area (Å²) >= 11 is 0. The lowest BCUT2D eigenvalue weighted by Gasteiger charge is -1.94. The van der Waals surface area contributed by atoms with Gasteiger partial charge in [-0.3, -0.25) is 0 Å². The third-order valence-electron chi connectivity index (χ3n) is 4.60. The molecule has 0 aliphatic rings. The van der Waals surface area contributed by atoms with Gasteiger partial charge in [-0.15, -0.1) is 0 Å². The molecule has 0 aliphatic carbocycles. The second-order valence-corrected chi connectivity index (χ2v) is 6.93. The lowest BCUT2D eigenvalue weighted by Crippen LogP contribution is -1.82. The summed E-state index contributed by atoms with van der Waals surface area (Å²) in [5.41, 5.74) is 4.53.